The van der Waals surface area contributed by atoms with E-state index in [1.165, 1.54) is 0 Å². The summed E-state index contributed by atoms with van der Waals surface area (Å²) in [4.78, 5) is 0. The fraction of sp³-hybridized carbons (Fsp3) is 0.818. The van der Waals surface area contributed by atoms with Crippen LogP contribution in [-0.4, -0.2) is 25.7 Å². The molecule has 1 aromatic heterocycles. The van der Waals surface area contributed by atoms with Gasteiger partial charge in [-0.2, -0.15) is 0 Å². The number of aliphatic hydroxyl groups is 1. The number of hydrogen-bond donors (Lipinski definition) is 1. The molecule has 0 amide bonds. The van der Waals surface area contributed by atoms with Gasteiger partial charge in [-0.1, -0.05) is 19.1 Å². The summed E-state index contributed by atoms with van der Waals surface area (Å²) in [6.45, 7) is 4.43. The first-order valence-corrected chi connectivity index (χ1v) is 5.56. The summed E-state index contributed by atoms with van der Waals surface area (Å²) >= 11 is 0. The molecule has 1 aliphatic rings. The number of rotatable bonds is 3. The van der Waals surface area contributed by atoms with Gasteiger partial charge in [-0.05, 0) is 24.7 Å². The standard InChI is InChI=1S/C11H19N3O/c1-8(2)9-4-11(15,5-9)6-10-7-14(3)13-12-10/h7-9,15H,4-6H2,1-3H3. The third-order valence-electron chi connectivity index (χ3n) is 3.39. The molecule has 0 saturated heterocycles. The van der Waals surface area contributed by atoms with Crippen LogP contribution in [0.5, 0.6) is 0 Å². The first-order chi connectivity index (χ1) is 6.98. The molecular formula is C11H19N3O. The molecule has 1 N–H and O–H groups in total. The van der Waals surface area contributed by atoms with Crippen LogP contribution in [0.1, 0.15) is 32.4 Å². The molecule has 0 bridgehead atoms. The lowest BCUT2D eigenvalue weighted by atomic mass is 9.64. The van der Waals surface area contributed by atoms with Crippen molar-refractivity contribution in [2.45, 2.75) is 38.7 Å². The Hall–Kier alpha value is -0.900. The van der Waals surface area contributed by atoms with Gasteiger partial charge in [0.25, 0.3) is 0 Å². The van der Waals surface area contributed by atoms with E-state index in [-0.39, 0.29) is 0 Å². The molecule has 0 atom stereocenters. The van der Waals surface area contributed by atoms with Crippen LogP contribution in [0.25, 0.3) is 0 Å². The minimum absolute atomic E-state index is 0.523. The molecule has 0 spiro atoms. The topological polar surface area (TPSA) is 50.9 Å². The lowest BCUT2D eigenvalue weighted by Crippen LogP contribution is -2.47. The first-order valence-electron chi connectivity index (χ1n) is 5.56. The fourth-order valence-electron chi connectivity index (χ4n) is 2.35. The van der Waals surface area contributed by atoms with Gasteiger partial charge in [-0.25, -0.2) is 0 Å². The summed E-state index contributed by atoms with van der Waals surface area (Å²) in [5, 5.41) is 18.1. The van der Waals surface area contributed by atoms with Crippen molar-refractivity contribution in [2.24, 2.45) is 18.9 Å². The van der Waals surface area contributed by atoms with E-state index in [2.05, 4.69) is 24.2 Å². The van der Waals surface area contributed by atoms with E-state index in [0.717, 1.165) is 18.5 Å². The normalized spacial score (nSPS) is 30.6. The largest absolute Gasteiger partial charge is 0.389 e. The van der Waals surface area contributed by atoms with Crippen LogP contribution >= 0.6 is 0 Å². The number of aryl methyl sites for hydroxylation is 1. The van der Waals surface area contributed by atoms with E-state index in [4.69, 9.17) is 0 Å². The summed E-state index contributed by atoms with van der Waals surface area (Å²) in [6, 6.07) is 0. The van der Waals surface area contributed by atoms with E-state index in [0.29, 0.717) is 18.3 Å². The second-order valence-corrected chi connectivity index (χ2v) is 5.20. The highest BCUT2D eigenvalue weighted by atomic mass is 16.3. The minimum atomic E-state index is -0.523. The van der Waals surface area contributed by atoms with Crippen LogP contribution < -0.4 is 0 Å². The van der Waals surface area contributed by atoms with Gasteiger partial charge in [0.15, 0.2) is 0 Å². The molecule has 0 radical (unpaired) electrons. The summed E-state index contributed by atoms with van der Waals surface area (Å²) in [6.07, 6.45) is 4.33. The maximum atomic E-state index is 10.2. The van der Waals surface area contributed by atoms with Crippen molar-refractivity contribution in [3.05, 3.63) is 11.9 Å². The van der Waals surface area contributed by atoms with Crippen LogP contribution in [0, 0.1) is 11.8 Å². The van der Waals surface area contributed by atoms with Crippen molar-refractivity contribution in [3.8, 4) is 0 Å². The minimum Gasteiger partial charge on any atom is -0.389 e. The van der Waals surface area contributed by atoms with Gasteiger partial charge < -0.3 is 5.11 Å². The predicted octanol–water partition coefficient (Wildman–Crippen LogP) is 1.15. The molecular weight excluding hydrogens is 190 g/mol. The Balaban J connectivity index is 1.91. The first kappa shape index (κ1) is 10.6. The number of nitrogens with zero attached hydrogens (tertiary/aromatic N) is 3. The molecule has 84 valence electrons. The molecule has 1 heterocycles. The Labute approximate surface area is 90.3 Å². The molecule has 4 heteroatoms. The third-order valence-corrected chi connectivity index (χ3v) is 3.39. The highest BCUT2D eigenvalue weighted by molar-refractivity contribution is 5.05. The third kappa shape index (κ3) is 2.20. The van der Waals surface area contributed by atoms with Gasteiger partial charge in [0, 0.05) is 19.7 Å². The molecule has 2 rings (SSSR count). The fourth-order valence-corrected chi connectivity index (χ4v) is 2.35. The lowest BCUT2D eigenvalue weighted by Gasteiger charge is -2.45. The second kappa shape index (κ2) is 3.59. The Morgan fingerprint density at radius 1 is 1.60 bits per heavy atom. The van der Waals surface area contributed by atoms with Gasteiger partial charge in [0.05, 0.1) is 11.3 Å². The molecule has 0 unspecified atom stereocenters. The van der Waals surface area contributed by atoms with E-state index in [1.807, 2.05) is 13.2 Å². The molecule has 1 aromatic rings. The Morgan fingerprint density at radius 2 is 2.27 bits per heavy atom. The zero-order valence-electron chi connectivity index (χ0n) is 9.64. The van der Waals surface area contributed by atoms with Crippen LogP contribution in [0.15, 0.2) is 6.20 Å². The van der Waals surface area contributed by atoms with Gasteiger partial charge in [-0.15, -0.1) is 5.10 Å². The lowest BCUT2D eigenvalue weighted by molar-refractivity contribution is -0.0866. The predicted molar refractivity (Wildman–Crippen MR) is 57.2 cm³/mol. The molecule has 4 nitrogen and oxygen atoms in total. The molecule has 15 heavy (non-hydrogen) atoms. The van der Waals surface area contributed by atoms with Gasteiger partial charge in [0.2, 0.25) is 0 Å². The zero-order valence-corrected chi connectivity index (χ0v) is 9.64. The highest BCUT2D eigenvalue weighted by Crippen LogP contribution is 2.43. The summed E-state index contributed by atoms with van der Waals surface area (Å²) in [7, 11) is 1.85. The maximum absolute atomic E-state index is 10.2. The van der Waals surface area contributed by atoms with Crippen molar-refractivity contribution in [1.82, 2.24) is 15.0 Å². The van der Waals surface area contributed by atoms with Crippen molar-refractivity contribution >= 4 is 0 Å². The van der Waals surface area contributed by atoms with Crippen molar-refractivity contribution in [1.29, 1.82) is 0 Å². The van der Waals surface area contributed by atoms with Crippen molar-refractivity contribution < 1.29 is 5.11 Å². The summed E-state index contributed by atoms with van der Waals surface area (Å²) < 4.78 is 1.68. The Morgan fingerprint density at radius 3 is 2.73 bits per heavy atom. The maximum Gasteiger partial charge on any atom is 0.0855 e. The molecule has 1 fully saturated rings. The van der Waals surface area contributed by atoms with E-state index in [9.17, 15) is 5.11 Å². The molecule has 0 aliphatic heterocycles. The highest BCUT2D eigenvalue weighted by Gasteiger charge is 2.44. The van der Waals surface area contributed by atoms with Gasteiger partial charge in [0.1, 0.15) is 0 Å². The van der Waals surface area contributed by atoms with Crippen molar-refractivity contribution in [3.63, 3.8) is 0 Å². The SMILES string of the molecule is CC(C)C1CC(O)(Cc2cn(C)nn2)C1. The van der Waals surface area contributed by atoms with Gasteiger partial charge in [-0.3, -0.25) is 4.68 Å². The summed E-state index contributed by atoms with van der Waals surface area (Å²) in [5.41, 5.74) is 0.368. The van der Waals surface area contributed by atoms with E-state index in [1.54, 1.807) is 4.68 Å². The molecule has 0 aromatic carbocycles. The summed E-state index contributed by atoms with van der Waals surface area (Å²) in [5.74, 6) is 1.35. The number of aromatic nitrogens is 3. The quantitative estimate of drug-likeness (QED) is 0.812. The van der Waals surface area contributed by atoms with Crippen LogP contribution in [-0.2, 0) is 13.5 Å². The monoisotopic (exact) mass is 209 g/mol. The zero-order chi connectivity index (χ0) is 11.1. The van der Waals surface area contributed by atoms with E-state index >= 15 is 0 Å². The van der Waals surface area contributed by atoms with Gasteiger partial charge >= 0.3 is 0 Å². The Bertz CT molecular complexity index is 339. The second-order valence-electron chi connectivity index (χ2n) is 5.20. The number of hydrogen-bond acceptors (Lipinski definition) is 3. The van der Waals surface area contributed by atoms with Crippen LogP contribution in [0.2, 0.25) is 0 Å². The Kier molecular flexibility index (Phi) is 2.54. The van der Waals surface area contributed by atoms with Crippen LogP contribution in [0.4, 0.5) is 0 Å². The molecule has 1 aliphatic carbocycles. The van der Waals surface area contributed by atoms with Crippen molar-refractivity contribution in [2.75, 3.05) is 0 Å². The average Bonchev–Trinajstić information content (AvgIpc) is 2.46. The molecule has 1 saturated carbocycles. The average molecular weight is 209 g/mol. The smallest absolute Gasteiger partial charge is 0.0855 e. The van der Waals surface area contributed by atoms with Crippen LogP contribution in [0.3, 0.4) is 0 Å². The van der Waals surface area contributed by atoms with E-state index < -0.39 is 5.60 Å².